The Bertz CT molecular complexity index is 768. The molecule has 3 heterocycles. The predicted molar refractivity (Wildman–Crippen MR) is 93.5 cm³/mol. The summed E-state index contributed by atoms with van der Waals surface area (Å²) in [5.41, 5.74) is 0.0939. The quantitative estimate of drug-likeness (QED) is 0.866. The number of carbonyl (C=O) groups excluding carboxylic acids is 1. The van der Waals surface area contributed by atoms with Gasteiger partial charge >= 0.3 is 0 Å². The molecule has 25 heavy (non-hydrogen) atoms. The van der Waals surface area contributed by atoms with Gasteiger partial charge in [-0.2, -0.15) is 5.10 Å². The summed E-state index contributed by atoms with van der Waals surface area (Å²) in [4.78, 5) is 34.7. The summed E-state index contributed by atoms with van der Waals surface area (Å²) < 4.78 is 1.34. The Labute approximate surface area is 145 Å². The number of nitrogens with one attached hydrogen (secondary N) is 1. The van der Waals surface area contributed by atoms with Crippen molar-refractivity contribution in [3.05, 3.63) is 46.6 Å². The topological polar surface area (TPSA) is 93.0 Å². The van der Waals surface area contributed by atoms with Crippen molar-refractivity contribution in [2.75, 3.05) is 18.0 Å². The highest BCUT2D eigenvalue weighted by atomic mass is 16.2. The Hall–Kier alpha value is -2.77. The first kappa shape index (κ1) is 17.1. The van der Waals surface area contributed by atoms with Gasteiger partial charge in [-0.3, -0.25) is 9.59 Å². The molecule has 2 aromatic rings. The third-order valence-electron chi connectivity index (χ3n) is 4.20. The minimum absolute atomic E-state index is 0.0841. The normalized spacial score (nSPS) is 15.2. The molecule has 0 atom stereocenters. The second-order valence-electron chi connectivity index (χ2n) is 6.06. The molecule has 0 unspecified atom stereocenters. The number of carbonyl (C=O) groups is 1. The molecule has 1 amide bonds. The van der Waals surface area contributed by atoms with Crippen molar-refractivity contribution in [2.45, 2.75) is 38.8 Å². The Balaban J connectivity index is 1.58. The Morgan fingerprint density at radius 2 is 1.96 bits per heavy atom. The van der Waals surface area contributed by atoms with Crippen LogP contribution in [0, 0.1) is 0 Å². The van der Waals surface area contributed by atoms with E-state index < -0.39 is 0 Å². The summed E-state index contributed by atoms with van der Waals surface area (Å²) in [5, 5.41) is 7.16. The lowest BCUT2D eigenvalue weighted by Crippen LogP contribution is -2.45. The van der Waals surface area contributed by atoms with Gasteiger partial charge in [0.15, 0.2) is 0 Å². The van der Waals surface area contributed by atoms with E-state index in [0.717, 1.165) is 38.3 Å². The number of aryl methyl sites for hydroxylation is 1. The van der Waals surface area contributed by atoms with Gasteiger partial charge in [-0.1, -0.05) is 6.92 Å². The van der Waals surface area contributed by atoms with Gasteiger partial charge in [0, 0.05) is 44.1 Å². The second-order valence-corrected chi connectivity index (χ2v) is 6.06. The lowest BCUT2D eigenvalue weighted by molar-refractivity contribution is 0.0923. The Morgan fingerprint density at radius 3 is 2.64 bits per heavy atom. The molecule has 1 aliphatic heterocycles. The van der Waals surface area contributed by atoms with Crippen molar-refractivity contribution in [3.63, 3.8) is 0 Å². The molecule has 2 aromatic heterocycles. The SMILES string of the molecule is CCCn1nc(C(=O)NC2CCN(c3ncccn3)CC2)ccc1=O. The number of anilines is 1. The lowest BCUT2D eigenvalue weighted by Gasteiger charge is -2.32. The van der Waals surface area contributed by atoms with E-state index in [9.17, 15) is 9.59 Å². The number of piperidine rings is 1. The van der Waals surface area contributed by atoms with E-state index in [1.54, 1.807) is 18.5 Å². The molecule has 3 rings (SSSR count). The van der Waals surface area contributed by atoms with Crippen LogP contribution in [0.25, 0.3) is 0 Å². The largest absolute Gasteiger partial charge is 0.348 e. The summed E-state index contributed by atoms with van der Waals surface area (Å²) in [6, 6.07) is 4.76. The molecule has 0 radical (unpaired) electrons. The van der Waals surface area contributed by atoms with Crippen molar-refractivity contribution in [2.24, 2.45) is 0 Å². The first-order valence-corrected chi connectivity index (χ1v) is 8.58. The molecule has 0 aliphatic carbocycles. The number of hydrogen-bond donors (Lipinski definition) is 1. The zero-order chi connectivity index (χ0) is 17.6. The molecule has 0 saturated carbocycles. The fraction of sp³-hybridized carbons (Fsp3) is 0.471. The highest BCUT2D eigenvalue weighted by Gasteiger charge is 2.23. The maximum atomic E-state index is 12.4. The molecule has 8 heteroatoms. The minimum atomic E-state index is -0.237. The number of rotatable bonds is 5. The number of aromatic nitrogens is 4. The molecule has 1 N–H and O–H groups in total. The average molecular weight is 342 g/mol. The molecule has 1 aliphatic rings. The Morgan fingerprint density at radius 1 is 1.24 bits per heavy atom. The first-order chi connectivity index (χ1) is 12.2. The monoisotopic (exact) mass is 342 g/mol. The van der Waals surface area contributed by atoms with E-state index in [-0.39, 0.29) is 23.2 Å². The van der Waals surface area contributed by atoms with Gasteiger partial charge in [-0.25, -0.2) is 14.6 Å². The minimum Gasteiger partial charge on any atom is -0.348 e. The van der Waals surface area contributed by atoms with E-state index in [0.29, 0.717) is 6.54 Å². The maximum absolute atomic E-state index is 12.4. The summed E-state index contributed by atoms with van der Waals surface area (Å²) in [6.45, 7) is 4.05. The molecular formula is C17H22N6O2. The van der Waals surface area contributed by atoms with E-state index in [4.69, 9.17) is 0 Å². The van der Waals surface area contributed by atoms with E-state index in [2.05, 4.69) is 25.3 Å². The van der Waals surface area contributed by atoms with E-state index >= 15 is 0 Å². The fourth-order valence-corrected chi connectivity index (χ4v) is 2.88. The average Bonchev–Trinajstić information content (AvgIpc) is 2.65. The highest BCUT2D eigenvalue weighted by Crippen LogP contribution is 2.15. The summed E-state index contributed by atoms with van der Waals surface area (Å²) in [7, 11) is 0. The van der Waals surface area contributed by atoms with Crippen LogP contribution in [0.4, 0.5) is 5.95 Å². The fourth-order valence-electron chi connectivity index (χ4n) is 2.88. The van der Waals surface area contributed by atoms with Gasteiger partial charge in [-0.15, -0.1) is 0 Å². The van der Waals surface area contributed by atoms with Gasteiger partial charge in [-0.05, 0) is 31.4 Å². The van der Waals surface area contributed by atoms with Crippen molar-refractivity contribution in [3.8, 4) is 0 Å². The molecule has 0 aromatic carbocycles. The van der Waals surface area contributed by atoms with E-state index in [1.165, 1.54) is 16.8 Å². The van der Waals surface area contributed by atoms with Crippen LogP contribution in [-0.4, -0.2) is 44.8 Å². The van der Waals surface area contributed by atoms with Crippen molar-refractivity contribution >= 4 is 11.9 Å². The second kappa shape index (κ2) is 7.87. The van der Waals surface area contributed by atoms with Gasteiger partial charge in [0.1, 0.15) is 5.69 Å². The van der Waals surface area contributed by atoms with Gasteiger partial charge in [0.25, 0.3) is 11.5 Å². The van der Waals surface area contributed by atoms with Crippen LogP contribution >= 0.6 is 0 Å². The summed E-state index contributed by atoms with van der Waals surface area (Å²) >= 11 is 0. The van der Waals surface area contributed by atoms with Crippen LogP contribution in [0.15, 0.2) is 35.4 Å². The molecule has 8 nitrogen and oxygen atoms in total. The van der Waals surface area contributed by atoms with E-state index in [1.807, 2.05) is 6.92 Å². The smallest absolute Gasteiger partial charge is 0.271 e. The third-order valence-corrected chi connectivity index (χ3v) is 4.20. The highest BCUT2D eigenvalue weighted by molar-refractivity contribution is 5.92. The van der Waals surface area contributed by atoms with Crippen LogP contribution < -0.4 is 15.8 Å². The molecule has 1 fully saturated rings. The van der Waals surface area contributed by atoms with Crippen LogP contribution in [0.1, 0.15) is 36.7 Å². The number of hydrogen-bond acceptors (Lipinski definition) is 6. The predicted octanol–water partition coefficient (Wildman–Crippen LogP) is 0.842. The molecule has 0 spiro atoms. The first-order valence-electron chi connectivity index (χ1n) is 8.58. The molecular weight excluding hydrogens is 320 g/mol. The van der Waals surface area contributed by atoms with Crippen molar-refractivity contribution < 1.29 is 4.79 Å². The maximum Gasteiger partial charge on any atom is 0.271 e. The zero-order valence-corrected chi connectivity index (χ0v) is 14.3. The van der Waals surface area contributed by atoms with Gasteiger partial charge in [0.2, 0.25) is 5.95 Å². The van der Waals surface area contributed by atoms with Crippen molar-refractivity contribution in [1.82, 2.24) is 25.1 Å². The Kier molecular flexibility index (Phi) is 5.37. The number of nitrogens with zero attached hydrogens (tertiary/aromatic N) is 5. The molecule has 0 bridgehead atoms. The van der Waals surface area contributed by atoms with Crippen LogP contribution in [0.2, 0.25) is 0 Å². The van der Waals surface area contributed by atoms with Crippen LogP contribution in [-0.2, 0) is 6.54 Å². The molecule has 1 saturated heterocycles. The van der Waals surface area contributed by atoms with Crippen LogP contribution in [0.5, 0.6) is 0 Å². The van der Waals surface area contributed by atoms with Gasteiger partial charge in [0.05, 0.1) is 0 Å². The van der Waals surface area contributed by atoms with Crippen molar-refractivity contribution in [1.29, 1.82) is 0 Å². The summed E-state index contributed by atoms with van der Waals surface area (Å²) in [6.07, 6.45) is 5.88. The summed E-state index contributed by atoms with van der Waals surface area (Å²) in [5.74, 6) is 0.486. The number of amides is 1. The standard InChI is InChI=1S/C17H22N6O2/c1-2-10-23-15(24)5-4-14(21-23)16(25)20-13-6-11-22(12-7-13)17-18-8-3-9-19-17/h3-5,8-9,13H,2,6-7,10-12H2,1H3,(H,20,25). The zero-order valence-electron chi connectivity index (χ0n) is 14.3. The van der Waals surface area contributed by atoms with Crippen LogP contribution in [0.3, 0.4) is 0 Å². The molecule has 132 valence electrons. The third kappa shape index (κ3) is 4.20. The lowest BCUT2D eigenvalue weighted by atomic mass is 10.1. The van der Waals surface area contributed by atoms with Gasteiger partial charge < -0.3 is 10.2 Å².